The lowest BCUT2D eigenvalue weighted by atomic mass is 10.1. The van der Waals surface area contributed by atoms with Gasteiger partial charge in [0.05, 0.1) is 18.1 Å². The number of fused-ring (bicyclic) bond motifs is 1. The molecule has 2 aromatic heterocycles. The quantitative estimate of drug-likeness (QED) is 0.743. The monoisotopic (exact) mass is 236 g/mol. The molecule has 0 bridgehead atoms. The van der Waals surface area contributed by atoms with Gasteiger partial charge in [0, 0.05) is 30.4 Å². The maximum absolute atomic E-state index is 4.50. The molecular weight excluding hydrogens is 224 g/mol. The average Bonchev–Trinajstić information content (AvgIpc) is 2.47. The van der Waals surface area contributed by atoms with E-state index in [-0.39, 0.29) is 0 Å². The smallest absolute Gasteiger partial charge is 0.144 e. The second kappa shape index (κ2) is 4.41. The van der Waals surface area contributed by atoms with Gasteiger partial charge in [0.25, 0.3) is 0 Å². The van der Waals surface area contributed by atoms with E-state index in [0.717, 1.165) is 27.8 Å². The highest BCUT2D eigenvalue weighted by molar-refractivity contribution is 5.94. The van der Waals surface area contributed by atoms with E-state index in [1.165, 1.54) is 0 Å². The molecule has 0 aliphatic carbocycles. The van der Waals surface area contributed by atoms with Crippen molar-refractivity contribution in [1.82, 2.24) is 15.0 Å². The molecular formula is C14H12N4. The second-order valence-electron chi connectivity index (χ2n) is 3.95. The van der Waals surface area contributed by atoms with E-state index in [9.17, 15) is 0 Å². The van der Waals surface area contributed by atoms with Crippen molar-refractivity contribution in [3.63, 3.8) is 0 Å². The molecule has 0 spiro atoms. The molecule has 0 saturated heterocycles. The van der Waals surface area contributed by atoms with Gasteiger partial charge in [-0.3, -0.25) is 9.97 Å². The lowest BCUT2D eigenvalue weighted by Gasteiger charge is -2.06. The molecule has 2 heterocycles. The number of nitrogens with one attached hydrogen (secondary N) is 1. The zero-order valence-electron chi connectivity index (χ0n) is 9.96. The van der Waals surface area contributed by atoms with Crippen LogP contribution < -0.4 is 5.32 Å². The van der Waals surface area contributed by atoms with Crippen LogP contribution in [-0.2, 0) is 0 Å². The van der Waals surface area contributed by atoms with Gasteiger partial charge < -0.3 is 5.32 Å². The Balaban J connectivity index is 2.24. The van der Waals surface area contributed by atoms with E-state index in [1.54, 1.807) is 12.4 Å². The molecule has 0 aliphatic heterocycles. The molecule has 3 aromatic rings. The first-order valence-electron chi connectivity index (χ1n) is 5.71. The number of hydrogen-bond donors (Lipinski definition) is 1. The third-order valence-electron chi connectivity index (χ3n) is 2.83. The van der Waals surface area contributed by atoms with Crippen LogP contribution in [0.1, 0.15) is 0 Å². The summed E-state index contributed by atoms with van der Waals surface area (Å²) in [6.45, 7) is 0. The van der Waals surface area contributed by atoms with Gasteiger partial charge in [0.2, 0.25) is 0 Å². The molecule has 3 rings (SSSR count). The van der Waals surface area contributed by atoms with Crippen LogP contribution in [0.4, 0.5) is 5.82 Å². The number of aromatic nitrogens is 3. The number of pyridine rings is 1. The van der Waals surface area contributed by atoms with Crippen molar-refractivity contribution in [3.05, 3.63) is 49.1 Å². The fourth-order valence-corrected chi connectivity index (χ4v) is 1.94. The highest BCUT2D eigenvalue weighted by Gasteiger charge is 2.06. The van der Waals surface area contributed by atoms with Crippen molar-refractivity contribution in [1.29, 1.82) is 0 Å². The third kappa shape index (κ3) is 1.78. The summed E-state index contributed by atoms with van der Waals surface area (Å²) in [6, 6.07) is 8.13. The maximum Gasteiger partial charge on any atom is 0.144 e. The molecule has 0 radical (unpaired) electrons. The van der Waals surface area contributed by atoms with Gasteiger partial charge in [-0.05, 0) is 5.39 Å². The minimum Gasteiger partial charge on any atom is -0.372 e. The molecule has 0 amide bonds. The fourth-order valence-electron chi connectivity index (χ4n) is 1.94. The van der Waals surface area contributed by atoms with Crippen LogP contribution in [0, 0.1) is 0 Å². The Bertz CT molecular complexity index is 689. The van der Waals surface area contributed by atoms with Crippen LogP contribution in [0.15, 0.2) is 49.1 Å². The average molecular weight is 236 g/mol. The molecule has 1 aromatic carbocycles. The summed E-state index contributed by atoms with van der Waals surface area (Å²) in [7, 11) is 1.83. The summed E-state index contributed by atoms with van der Waals surface area (Å²) in [5.41, 5.74) is 1.82. The number of anilines is 1. The van der Waals surface area contributed by atoms with Crippen molar-refractivity contribution in [2.24, 2.45) is 0 Å². The van der Waals surface area contributed by atoms with Gasteiger partial charge in [0.15, 0.2) is 0 Å². The van der Waals surface area contributed by atoms with Crippen LogP contribution in [0.25, 0.3) is 22.0 Å². The Morgan fingerprint density at radius 3 is 2.67 bits per heavy atom. The zero-order valence-corrected chi connectivity index (χ0v) is 9.96. The molecule has 0 fully saturated rings. The summed E-state index contributed by atoms with van der Waals surface area (Å²) in [5, 5.41) is 5.23. The van der Waals surface area contributed by atoms with E-state index in [2.05, 4.69) is 26.3 Å². The molecule has 1 N–H and O–H groups in total. The fraction of sp³-hybridized carbons (Fsp3) is 0.0714. The van der Waals surface area contributed by atoms with Gasteiger partial charge in [0.1, 0.15) is 5.82 Å². The summed E-state index contributed by atoms with van der Waals surface area (Å²) in [4.78, 5) is 12.9. The lowest BCUT2D eigenvalue weighted by molar-refractivity contribution is 1.19. The summed E-state index contributed by atoms with van der Waals surface area (Å²) >= 11 is 0. The van der Waals surface area contributed by atoms with Gasteiger partial charge >= 0.3 is 0 Å². The Hall–Kier alpha value is -2.49. The van der Waals surface area contributed by atoms with E-state index < -0.39 is 0 Å². The molecule has 0 atom stereocenters. The summed E-state index contributed by atoms with van der Waals surface area (Å²) < 4.78 is 0. The first-order chi connectivity index (χ1) is 8.88. The van der Waals surface area contributed by atoms with Crippen LogP contribution in [0.3, 0.4) is 0 Å². The third-order valence-corrected chi connectivity index (χ3v) is 2.83. The number of benzene rings is 1. The largest absolute Gasteiger partial charge is 0.372 e. The predicted molar refractivity (Wildman–Crippen MR) is 72.3 cm³/mol. The van der Waals surface area contributed by atoms with Gasteiger partial charge in [-0.1, -0.05) is 24.3 Å². The van der Waals surface area contributed by atoms with Crippen LogP contribution in [0.2, 0.25) is 0 Å². The molecule has 88 valence electrons. The highest BCUT2D eigenvalue weighted by atomic mass is 15.0. The molecule has 4 heteroatoms. The van der Waals surface area contributed by atoms with Gasteiger partial charge in [-0.2, -0.15) is 0 Å². The maximum atomic E-state index is 4.50. The standard InChI is InChI=1S/C14H12N4/c1-15-14-9-17-8-13(18-14)12-7-16-6-10-4-2-3-5-11(10)12/h2-9H,1H3,(H,15,18). The van der Waals surface area contributed by atoms with E-state index in [4.69, 9.17) is 0 Å². The SMILES string of the molecule is CNc1cncc(-c2cncc3ccccc23)n1. The molecule has 0 saturated carbocycles. The Morgan fingerprint density at radius 2 is 1.78 bits per heavy atom. The van der Waals surface area contributed by atoms with Crippen molar-refractivity contribution in [2.45, 2.75) is 0 Å². The lowest BCUT2D eigenvalue weighted by Crippen LogP contribution is -1.95. The summed E-state index contributed by atoms with van der Waals surface area (Å²) in [5.74, 6) is 0.750. The first-order valence-corrected chi connectivity index (χ1v) is 5.71. The molecule has 18 heavy (non-hydrogen) atoms. The van der Waals surface area contributed by atoms with Gasteiger partial charge in [-0.25, -0.2) is 4.98 Å². The minimum absolute atomic E-state index is 0.750. The normalized spacial score (nSPS) is 10.5. The van der Waals surface area contributed by atoms with Crippen molar-refractivity contribution < 1.29 is 0 Å². The van der Waals surface area contributed by atoms with Crippen molar-refractivity contribution in [2.75, 3.05) is 12.4 Å². The topological polar surface area (TPSA) is 50.7 Å². The minimum atomic E-state index is 0.750. The van der Waals surface area contributed by atoms with E-state index in [1.807, 2.05) is 37.6 Å². The number of rotatable bonds is 2. The van der Waals surface area contributed by atoms with Crippen molar-refractivity contribution >= 4 is 16.6 Å². The van der Waals surface area contributed by atoms with E-state index in [0.29, 0.717) is 0 Å². The highest BCUT2D eigenvalue weighted by Crippen LogP contribution is 2.26. The van der Waals surface area contributed by atoms with Gasteiger partial charge in [-0.15, -0.1) is 0 Å². The van der Waals surface area contributed by atoms with E-state index >= 15 is 0 Å². The number of hydrogen-bond acceptors (Lipinski definition) is 4. The Morgan fingerprint density at radius 1 is 0.944 bits per heavy atom. The first kappa shape index (κ1) is 10.7. The predicted octanol–water partition coefficient (Wildman–Crippen LogP) is 2.73. The van der Waals surface area contributed by atoms with Crippen LogP contribution >= 0.6 is 0 Å². The zero-order chi connectivity index (χ0) is 12.4. The Kier molecular flexibility index (Phi) is 2.61. The molecule has 0 aliphatic rings. The molecule has 4 nitrogen and oxygen atoms in total. The molecule has 0 unspecified atom stereocenters. The second-order valence-corrected chi connectivity index (χ2v) is 3.95. The summed E-state index contributed by atoms with van der Waals surface area (Å²) in [6.07, 6.45) is 7.13. The Labute approximate surface area is 105 Å². The van der Waals surface area contributed by atoms with Crippen LogP contribution in [-0.4, -0.2) is 22.0 Å². The van der Waals surface area contributed by atoms with Crippen LogP contribution in [0.5, 0.6) is 0 Å². The number of nitrogens with zero attached hydrogens (tertiary/aromatic N) is 3. The van der Waals surface area contributed by atoms with Crippen molar-refractivity contribution in [3.8, 4) is 11.3 Å².